The molecule has 0 bridgehead atoms. The summed E-state index contributed by atoms with van der Waals surface area (Å²) in [5.41, 5.74) is 1.09. The van der Waals surface area contributed by atoms with Crippen LogP contribution in [0.3, 0.4) is 0 Å². The molecule has 0 saturated heterocycles. The van der Waals surface area contributed by atoms with Gasteiger partial charge >= 0.3 is 0 Å². The molecule has 0 fully saturated rings. The molecule has 0 saturated carbocycles. The van der Waals surface area contributed by atoms with Gasteiger partial charge in [0, 0.05) is 6.20 Å². The van der Waals surface area contributed by atoms with Crippen LogP contribution < -0.4 is 5.32 Å². The maximum Gasteiger partial charge on any atom is 0.239 e. The summed E-state index contributed by atoms with van der Waals surface area (Å²) in [6.45, 7) is 5.53. The molecular formula is C14H23N3O. The molecule has 1 N–H and O–H groups in total. The SMILES string of the molecule is CCCCCN(C)CC(=O)Nc1ccc(C)cn1. The monoisotopic (exact) mass is 249 g/mol. The highest BCUT2D eigenvalue weighted by Crippen LogP contribution is 2.04. The van der Waals surface area contributed by atoms with Crippen molar-refractivity contribution in [2.45, 2.75) is 33.1 Å². The van der Waals surface area contributed by atoms with Gasteiger partial charge in [-0.1, -0.05) is 25.8 Å². The molecule has 0 aliphatic rings. The Morgan fingerprint density at radius 1 is 1.39 bits per heavy atom. The number of hydrogen-bond acceptors (Lipinski definition) is 3. The van der Waals surface area contributed by atoms with Gasteiger partial charge in [0.2, 0.25) is 5.91 Å². The number of pyridine rings is 1. The highest BCUT2D eigenvalue weighted by molar-refractivity contribution is 5.91. The molecule has 0 atom stereocenters. The maximum absolute atomic E-state index is 11.7. The standard InChI is InChI=1S/C14H23N3O/c1-4-5-6-9-17(3)11-14(18)16-13-8-7-12(2)10-15-13/h7-8,10H,4-6,9,11H2,1-3H3,(H,15,16,18). The van der Waals surface area contributed by atoms with Gasteiger partial charge in [0.15, 0.2) is 0 Å². The number of rotatable bonds is 7. The minimum atomic E-state index is -0.00893. The average Bonchev–Trinajstić information content (AvgIpc) is 2.32. The van der Waals surface area contributed by atoms with Crippen molar-refractivity contribution in [3.63, 3.8) is 0 Å². The second-order valence-corrected chi connectivity index (χ2v) is 4.71. The number of likely N-dealkylation sites (N-methyl/N-ethyl adjacent to an activating group) is 1. The fourth-order valence-electron chi connectivity index (χ4n) is 1.68. The van der Waals surface area contributed by atoms with Gasteiger partial charge in [0.05, 0.1) is 6.54 Å². The van der Waals surface area contributed by atoms with E-state index in [0.717, 1.165) is 18.5 Å². The summed E-state index contributed by atoms with van der Waals surface area (Å²) >= 11 is 0. The Kier molecular flexibility index (Phi) is 6.36. The van der Waals surface area contributed by atoms with Crippen LogP contribution in [-0.4, -0.2) is 35.9 Å². The molecule has 1 aromatic heterocycles. The Balaban J connectivity index is 2.30. The van der Waals surface area contributed by atoms with E-state index in [1.165, 1.54) is 12.8 Å². The third-order valence-electron chi connectivity index (χ3n) is 2.74. The number of anilines is 1. The predicted molar refractivity (Wildman–Crippen MR) is 74.6 cm³/mol. The highest BCUT2D eigenvalue weighted by atomic mass is 16.2. The van der Waals surface area contributed by atoms with E-state index in [9.17, 15) is 4.79 Å². The third-order valence-corrected chi connectivity index (χ3v) is 2.74. The van der Waals surface area contributed by atoms with Crippen LogP contribution in [0, 0.1) is 6.92 Å². The molecule has 0 aromatic carbocycles. The molecule has 100 valence electrons. The quantitative estimate of drug-likeness (QED) is 0.755. The maximum atomic E-state index is 11.7. The summed E-state index contributed by atoms with van der Waals surface area (Å²) in [5, 5.41) is 2.80. The van der Waals surface area contributed by atoms with Crippen LogP contribution >= 0.6 is 0 Å². The van der Waals surface area contributed by atoms with E-state index in [-0.39, 0.29) is 5.91 Å². The second kappa shape index (κ2) is 7.82. The van der Waals surface area contributed by atoms with E-state index >= 15 is 0 Å². The van der Waals surface area contributed by atoms with E-state index < -0.39 is 0 Å². The normalized spacial score (nSPS) is 10.7. The number of amides is 1. The molecule has 0 aliphatic carbocycles. The van der Waals surface area contributed by atoms with E-state index in [1.807, 2.05) is 31.0 Å². The Morgan fingerprint density at radius 2 is 2.17 bits per heavy atom. The van der Waals surface area contributed by atoms with Gasteiger partial charge in [-0.05, 0) is 38.6 Å². The summed E-state index contributed by atoms with van der Waals surface area (Å²) in [7, 11) is 1.97. The molecule has 1 rings (SSSR count). The fraction of sp³-hybridized carbons (Fsp3) is 0.571. The van der Waals surface area contributed by atoms with Gasteiger partial charge < -0.3 is 5.32 Å². The van der Waals surface area contributed by atoms with Crippen LogP contribution in [0.4, 0.5) is 5.82 Å². The zero-order chi connectivity index (χ0) is 13.4. The van der Waals surface area contributed by atoms with Gasteiger partial charge in [0.25, 0.3) is 0 Å². The molecule has 1 aromatic rings. The number of unbranched alkanes of at least 4 members (excludes halogenated alkanes) is 2. The van der Waals surface area contributed by atoms with Crippen LogP contribution in [0.1, 0.15) is 31.7 Å². The van der Waals surface area contributed by atoms with Crippen molar-refractivity contribution in [2.75, 3.05) is 25.5 Å². The molecule has 4 nitrogen and oxygen atoms in total. The second-order valence-electron chi connectivity index (χ2n) is 4.71. The van der Waals surface area contributed by atoms with Gasteiger partial charge in [-0.3, -0.25) is 9.69 Å². The lowest BCUT2D eigenvalue weighted by molar-refractivity contribution is -0.117. The number of hydrogen-bond donors (Lipinski definition) is 1. The number of aromatic nitrogens is 1. The number of carbonyl (C=O) groups excluding carboxylic acids is 1. The largest absolute Gasteiger partial charge is 0.310 e. The first-order chi connectivity index (χ1) is 8.61. The van der Waals surface area contributed by atoms with Crippen molar-refractivity contribution >= 4 is 11.7 Å². The summed E-state index contributed by atoms with van der Waals surface area (Å²) in [6, 6.07) is 3.76. The van der Waals surface area contributed by atoms with Crippen molar-refractivity contribution < 1.29 is 4.79 Å². The zero-order valence-electron chi connectivity index (χ0n) is 11.6. The Bertz CT molecular complexity index is 362. The Morgan fingerprint density at radius 3 is 2.78 bits per heavy atom. The highest BCUT2D eigenvalue weighted by Gasteiger charge is 2.06. The summed E-state index contributed by atoms with van der Waals surface area (Å²) in [4.78, 5) is 17.9. The first-order valence-corrected chi connectivity index (χ1v) is 6.53. The first kappa shape index (κ1) is 14.6. The zero-order valence-corrected chi connectivity index (χ0v) is 11.6. The van der Waals surface area contributed by atoms with E-state index in [1.54, 1.807) is 6.20 Å². The van der Waals surface area contributed by atoms with E-state index in [2.05, 4.69) is 17.2 Å². The summed E-state index contributed by atoms with van der Waals surface area (Å²) in [5.74, 6) is 0.609. The minimum Gasteiger partial charge on any atom is -0.310 e. The fourth-order valence-corrected chi connectivity index (χ4v) is 1.68. The average molecular weight is 249 g/mol. The number of nitrogens with one attached hydrogen (secondary N) is 1. The van der Waals surface area contributed by atoms with Crippen LogP contribution in [0.15, 0.2) is 18.3 Å². The number of carbonyl (C=O) groups is 1. The molecule has 0 radical (unpaired) electrons. The Labute approximate surface area is 109 Å². The molecule has 1 amide bonds. The lowest BCUT2D eigenvalue weighted by atomic mass is 10.2. The van der Waals surface area contributed by atoms with Crippen molar-refractivity contribution in [2.24, 2.45) is 0 Å². The van der Waals surface area contributed by atoms with Crippen LogP contribution in [-0.2, 0) is 4.79 Å². The van der Waals surface area contributed by atoms with E-state index in [4.69, 9.17) is 0 Å². The van der Waals surface area contributed by atoms with Gasteiger partial charge in [-0.15, -0.1) is 0 Å². The number of aryl methyl sites for hydroxylation is 1. The van der Waals surface area contributed by atoms with Gasteiger partial charge in [0.1, 0.15) is 5.82 Å². The van der Waals surface area contributed by atoms with E-state index in [0.29, 0.717) is 12.4 Å². The first-order valence-electron chi connectivity index (χ1n) is 6.53. The van der Waals surface area contributed by atoms with Gasteiger partial charge in [-0.2, -0.15) is 0 Å². The van der Waals surface area contributed by atoms with Crippen molar-refractivity contribution in [3.05, 3.63) is 23.9 Å². The molecule has 18 heavy (non-hydrogen) atoms. The molecule has 0 aliphatic heterocycles. The predicted octanol–water partition coefficient (Wildman–Crippen LogP) is 2.45. The van der Waals surface area contributed by atoms with Crippen molar-refractivity contribution in [1.82, 2.24) is 9.88 Å². The molecule has 0 spiro atoms. The van der Waals surface area contributed by atoms with Crippen LogP contribution in [0.5, 0.6) is 0 Å². The van der Waals surface area contributed by atoms with Crippen molar-refractivity contribution in [3.8, 4) is 0 Å². The lowest BCUT2D eigenvalue weighted by Gasteiger charge is -2.15. The number of nitrogens with zero attached hydrogens (tertiary/aromatic N) is 2. The molecular weight excluding hydrogens is 226 g/mol. The van der Waals surface area contributed by atoms with Gasteiger partial charge in [-0.25, -0.2) is 4.98 Å². The lowest BCUT2D eigenvalue weighted by Crippen LogP contribution is -2.31. The topological polar surface area (TPSA) is 45.2 Å². The molecule has 4 heteroatoms. The Hall–Kier alpha value is -1.42. The minimum absolute atomic E-state index is 0.00893. The third kappa shape index (κ3) is 5.77. The van der Waals surface area contributed by atoms with Crippen LogP contribution in [0.2, 0.25) is 0 Å². The smallest absolute Gasteiger partial charge is 0.239 e. The molecule has 1 heterocycles. The van der Waals surface area contributed by atoms with Crippen LogP contribution in [0.25, 0.3) is 0 Å². The van der Waals surface area contributed by atoms with Crippen molar-refractivity contribution in [1.29, 1.82) is 0 Å². The molecule has 0 unspecified atom stereocenters. The summed E-state index contributed by atoms with van der Waals surface area (Å²) < 4.78 is 0. The summed E-state index contributed by atoms with van der Waals surface area (Å²) in [6.07, 6.45) is 5.31.